The minimum atomic E-state index is -0.415. The summed E-state index contributed by atoms with van der Waals surface area (Å²) in [7, 11) is 0. The van der Waals surface area contributed by atoms with Crippen LogP contribution in [0.1, 0.15) is 30.5 Å². The number of amides is 1. The minimum Gasteiger partial charge on any atom is -0.395 e. The van der Waals surface area contributed by atoms with Gasteiger partial charge in [-0.25, -0.2) is 14.4 Å². The third kappa shape index (κ3) is 6.70. The zero-order valence-corrected chi connectivity index (χ0v) is 20.7. The smallest absolute Gasteiger partial charge is 0.230 e. The number of hydrogen-bond donors (Lipinski definition) is 4. The fourth-order valence-corrected chi connectivity index (χ4v) is 4.23. The van der Waals surface area contributed by atoms with Crippen LogP contribution in [0.2, 0.25) is 0 Å². The third-order valence-electron chi connectivity index (χ3n) is 6.18. The Bertz CT molecular complexity index is 1490. The Morgan fingerprint density at radius 3 is 2.87 bits per heavy atom. The number of carbonyl (C=O) groups excluding carboxylic acids is 1. The van der Waals surface area contributed by atoms with E-state index in [4.69, 9.17) is 0 Å². The van der Waals surface area contributed by atoms with E-state index in [1.165, 1.54) is 37.4 Å². The molecule has 4 aromatic rings. The average molecular weight is 514 g/mol. The Morgan fingerprint density at radius 2 is 2.05 bits per heavy atom. The molecule has 5 rings (SSSR count). The number of H-pyrrole nitrogens is 1. The number of anilines is 3. The lowest BCUT2D eigenvalue weighted by Gasteiger charge is -2.18. The number of aromatic amines is 1. The molecule has 194 valence electrons. The summed E-state index contributed by atoms with van der Waals surface area (Å²) >= 11 is 0. The zero-order chi connectivity index (χ0) is 26.3. The van der Waals surface area contributed by atoms with Crippen LogP contribution in [0.15, 0.2) is 54.9 Å². The van der Waals surface area contributed by atoms with Crippen LogP contribution >= 0.6 is 0 Å². The van der Waals surface area contributed by atoms with Gasteiger partial charge in [-0.3, -0.25) is 14.8 Å². The van der Waals surface area contributed by atoms with Crippen molar-refractivity contribution in [2.24, 2.45) is 0 Å². The van der Waals surface area contributed by atoms with Gasteiger partial charge >= 0.3 is 0 Å². The van der Waals surface area contributed by atoms with Crippen LogP contribution in [0.4, 0.5) is 21.7 Å². The number of aliphatic hydroxyl groups is 1. The first-order valence-corrected chi connectivity index (χ1v) is 12.5. The SMILES string of the molecule is O=C(Cc1cc(Nc2ncnc3cc(C#CCCN(CCO)C4CC4)ccc23)n[nH]1)Nc1cccc(F)c1. The quantitative estimate of drug-likeness (QED) is 0.239. The first-order valence-electron chi connectivity index (χ1n) is 12.5. The van der Waals surface area contributed by atoms with Gasteiger partial charge in [0.1, 0.15) is 18.0 Å². The van der Waals surface area contributed by atoms with Gasteiger partial charge in [0.05, 0.1) is 18.5 Å². The van der Waals surface area contributed by atoms with Gasteiger partial charge in [0.25, 0.3) is 0 Å². The number of halogens is 1. The first kappa shape index (κ1) is 25.3. The highest BCUT2D eigenvalue weighted by Crippen LogP contribution is 2.26. The summed E-state index contributed by atoms with van der Waals surface area (Å²) in [5.41, 5.74) is 2.61. The summed E-state index contributed by atoms with van der Waals surface area (Å²) in [5, 5.41) is 22.9. The molecule has 1 aliphatic rings. The van der Waals surface area contributed by atoms with Crippen LogP contribution in [0.25, 0.3) is 10.9 Å². The molecule has 2 aromatic carbocycles. The fraction of sp³-hybridized carbons (Fsp3) is 0.286. The Kier molecular flexibility index (Phi) is 7.87. The van der Waals surface area contributed by atoms with Crippen molar-refractivity contribution in [1.82, 2.24) is 25.1 Å². The predicted molar refractivity (Wildman–Crippen MR) is 143 cm³/mol. The Morgan fingerprint density at radius 1 is 1.16 bits per heavy atom. The monoisotopic (exact) mass is 513 g/mol. The molecule has 2 aromatic heterocycles. The van der Waals surface area contributed by atoms with Gasteiger partial charge in [0, 0.05) is 53.9 Å². The molecule has 9 nitrogen and oxygen atoms in total. The second-order valence-electron chi connectivity index (χ2n) is 9.14. The number of nitrogens with zero attached hydrogens (tertiary/aromatic N) is 4. The van der Waals surface area contributed by atoms with E-state index in [0.717, 1.165) is 29.4 Å². The van der Waals surface area contributed by atoms with E-state index in [9.17, 15) is 14.3 Å². The molecule has 0 aliphatic heterocycles. The second-order valence-corrected chi connectivity index (χ2v) is 9.14. The summed E-state index contributed by atoms with van der Waals surface area (Å²) in [4.78, 5) is 23.3. The predicted octanol–water partition coefficient (Wildman–Crippen LogP) is 3.62. The van der Waals surface area contributed by atoms with Crippen molar-refractivity contribution in [2.75, 3.05) is 30.3 Å². The number of benzene rings is 2. The van der Waals surface area contributed by atoms with Crippen LogP contribution in [-0.2, 0) is 11.2 Å². The van der Waals surface area contributed by atoms with Crippen molar-refractivity contribution in [2.45, 2.75) is 31.7 Å². The Hall–Kier alpha value is -4.33. The molecular weight excluding hydrogens is 485 g/mol. The van der Waals surface area contributed by atoms with Crippen molar-refractivity contribution >= 4 is 34.1 Å². The number of rotatable bonds is 10. The van der Waals surface area contributed by atoms with Crippen molar-refractivity contribution in [3.8, 4) is 11.8 Å². The number of carbonyl (C=O) groups is 1. The van der Waals surface area contributed by atoms with Gasteiger partial charge in [-0.05, 0) is 49.2 Å². The summed E-state index contributed by atoms with van der Waals surface area (Å²) in [6.45, 7) is 1.74. The molecule has 1 fully saturated rings. The molecule has 0 saturated heterocycles. The maximum absolute atomic E-state index is 13.3. The normalized spacial score (nSPS) is 12.8. The van der Waals surface area contributed by atoms with Crippen LogP contribution in [0.3, 0.4) is 0 Å². The number of nitrogens with one attached hydrogen (secondary N) is 3. The van der Waals surface area contributed by atoms with Gasteiger partial charge in [0.2, 0.25) is 5.91 Å². The third-order valence-corrected chi connectivity index (χ3v) is 6.18. The molecule has 10 heteroatoms. The van der Waals surface area contributed by atoms with E-state index >= 15 is 0 Å². The second kappa shape index (κ2) is 11.8. The first-order chi connectivity index (χ1) is 18.6. The Balaban J connectivity index is 1.20. The topological polar surface area (TPSA) is 119 Å². The van der Waals surface area contributed by atoms with E-state index in [-0.39, 0.29) is 18.9 Å². The highest BCUT2D eigenvalue weighted by atomic mass is 19.1. The lowest BCUT2D eigenvalue weighted by Crippen LogP contribution is -2.29. The van der Waals surface area contributed by atoms with Crippen molar-refractivity contribution in [1.29, 1.82) is 0 Å². The largest absolute Gasteiger partial charge is 0.395 e. The molecule has 1 amide bonds. The van der Waals surface area contributed by atoms with Crippen LogP contribution < -0.4 is 10.6 Å². The lowest BCUT2D eigenvalue weighted by atomic mass is 10.1. The van der Waals surface area contributed by atoms with Gasteiger partial charge in [-0.15, -0.1) is 0 Å². The average Bonchev–Trinajstić information content (AvgIpc) is 3.66. The van der Waals surface area contributed by atoms with Gasteiger partial charge in [-0.2, -0.15) is 5.10 Å². The highest BCUT2D eigenvalue weighted by molar-refractivity contribution is 5.93. The molecule has 0 unspecified atom stereocenters. The maximum Gasteiger partial charge on any atom is 0.230 e. The number of hydrogen-bond acceptors (Lipinski definition) is 7. The number of fused-ring (bicyclic) bond motifs is 1. The summed E-state index contributed by atoms with van der Waals surface area (Å²) in [5.74, 6) is 6.82. The summed E-state index contributed by atoms with van der Waals surface area (Å²) < 4.78 is 13.3. The fourth-order valence-electron chi connectivity index (χ4n) is 4.23. The number of aromatic nitrogens is 4. The summed E-state index contributed by atoms with van der Waals surface area (Å²) in [6, 6.07) is 13.8. The molecule has 1 saturated carbocycles. The molecular formula is C28H28FN7O2. The highest BCUT2D eigenvalue weighted by Gasteiger charge is 2.27. The molecule has 0 bridgehead atoms. The molecule has 38 heavy (non-hydrogen) atoms. The van der Waals surface area contributed by atoms with E-state index < -0.39 is 5.82 Å². The van der Waals surface area contributed by atoms with Gasteiger partial charge < -0.3 is 15.7 Å². The number of aliphatic hydroxyl groups excluding tert-OH is 1. The van der Waals surface area contributed by atoms with E-state index in [1.54, 1.807) is 12.1 Å². The zero-order valence-electron chi connectivity index (χ0n) is 20.7. The van der Waals surface area contributed by atoms with Gasteiger partial charge in [0.15, 0.2) is 5.82 Å². The molecule has 4 N–H and O–H groups in total. The van der Waals surface area contributed by atoms with Crippen LogP contribution in [0, 0.1) is 17.7 Å². The van der Waals surface area contributed by atoms with Crippen molar-refractivity contribution in [3.63, 3.8) is 0 Å². The van der Waals surface area contributed by atoms with Gasteiger partial charge in [-0.1, -0.05) is 17.9 Å². The van der Waals surface area contributed by atoms with E-state index in [2.05, 4.69) is 47.5 Å². The molecule has 0 radical (unpaired) electrons. The lowest BCUT2D eigenvalue weighted by molar-refractivity contribution is -0.115. The van der Waals surface area contributed by atoms with Crippen LogP contribution in [-0.4, -0.2) is 61.8 Å². The molecule has 2 heterocycles. The van der Waals surface area contributed by atoms with E-state index in [0.29, 0.717) is 35.6 Å². The van der Waals surface area contributed by atoms with Crippen molar-refractivity contribution < 1.29 is 14.3 Å². The van der Waals surface area contributed by atoms with Crippen LogP contribution in [0.5, 0.6) is 0 Å². The van der Waals surface area contributed by atoms with Crippen molar-refractivity contribution in [3.05, 3.63) is 71.9 Å². The summed E-state index contributed by atoms with van der Waals surface area (Å²) in [6.07, 6.45) is 4.69. The Labute approximate surface area is 219 Å². The minimum absolute atomic E-state index is 0.0517. The molecule has 0 spiro atoms. The van der Waals surface area contributed by atoms with E-state index in [1.807, 2.05) is 18.2 Å². The maximum atomic E-state index is 13.3. The molecule has 0 atom stereocenters. The standard InChI is InChI=1S/C28H28FN7O2/c29-20-5-3-6-21(15-20)32-27(38)17-22-16-26(35-34-22)33-28-24-10-7-19(14-25(24)30-18-31-28)4-1-2-11-36(12-13-37)23-8-9-23/h3,5-7,10,14-16,18,23,37H,2,8-9,11-13,17H2,(H,32,38)(H2,30,31,33,34,35). The molecule has 1 aliphatic carbocycles.